The van der Waals surface area contributed by atoms with Crippen molar-refractivity contribution in [3.05, 3.63) is 53.7 Å². The molecule has 0 amide bonds. The number of rotatable bonds is 5. The van der Waals surface area contributed by atoms with Crippen LogP contribution in [-0.2, 0) is 22.9 Å². The van der Waals surface area contributed by atoms with Gasteiger partial charge in [0.05, 0.1) is 12.4 Å². The topological polar surface area (TPSA) is 59.5 Å². The van der Waals surface area contributed by atoms with Gasteiger partial charge in [-0.05, 0) is 35.7 Å². The lowest BCUT2D eigenvalue weighted by Gasteiger charge is -2.18. The van der Waals surface area contributed by atoms with Crippen molar-refractivity contribution < 1.29 is 13.2 Å². The van der Waals surface area contributed by atoms with Gasteiger partial charge in [-0.3, -0.25) is 4.31 Å². The number of aromatic nitrogens is 1. The van der Waals surface area contributed by atoms with Crippen LogP contribution in [0.25, 0.3) is 0 Å². The highest BCUT2D eigenvalue weighted by molar-refractivity contribution is 7.92. The van der Waals surface area contributed by atoms with Crippen molar-refractivity contribution in [3.8, 4) is 5.75 Å². The third kappa shape index (κ3) is 3.06. The van der Waals surface area contributed by atoms with Crippen LogP contribution in [0.2, 0.25) is 0 Å². The molecule has 0 unspecified atom stereocenters. The number of aryl methyl sites for hydroxylation is 1. The Balaban J connectivity index is 1.70. The average Bonchev–Trinajstić information content (AvgIpc) is 3.01. The van der Waals surface area contributed by atoms with Crippen LogP contribution in [-0.4, -0.2) is 32.8 Å². The molecule has 2 aromatic rings. The first-order valence-corrected chi connectivity index (χ1v) is 8.79. The van der Waals surface area contributed by atoms with E-state index in [2.05, 4.69) is 4.98 Å². The molecule has 0 radical (unpaired) electrons. The van der Waals surface area contributed by atoms with Crippen LogP contribution in [0, 0.1) is 0 Å². The molecule has 5 nitrogen and oxygen atoms in total. The molecule has 3 rings (SSSR count). The molecule has 0 atom stereocenters. The highest BCUT2D eigenvalue weighted by Gasteiger charge is 2.20. The number of anilines is 1. The van der Waals surface area contributed by atoms with E-state index >= 15 is 0 Å². The van der Waals surface area contributed by atoms with Crippen LogP contribution < -0.4 is 9.04 Å². The van der Waals surface area contributed by atoms with E-state index in [1.54, 1.807) is 24.4 Å². The Morgan fingerprint density at radius 2 is 2.14 bits per heavy atom. The maximum atomic E-state index is 12.4. The number of sulfonamides is 1. The fraction of sp³-hybridized carbons (Fsp3) is 0.312. The van der Waals surface area contributed by atoms with Gasteiger partial charge in [0.1, 0.15) is 11.6 Å². The monoisotopic (exact) mass is 318 g/mol. The Kier molecular flexibility index (Phi) is 4.02. The minimum Gasteiger partial charge on any atom is -0.493 e. The Hall–Kier alpha value is -2.08. The van der Waals surface area contributed by atoms with Crippen LogP contribution >= 0.6 is 0 Å². The van der Waals surface area contributed by atoms with E-state index < -0.39 is 10.0 Å². The summed E-state index contributed by atoms with van der Waals surface area (Å²) in [7, 11) is -1.85. The molecule has 116 valence electrons. The van der Waals surface area contributed by atoms with E-state index in [0.717, 1.165) is 23.3 Å². The summed E-state index contributed by atoms with van der Waals surface area (Å²) in [6.45, 7) is 0.708. The number of ether oxygens (including phenoxy) is 1. The fourth-order valence-electron chi connectivity index (χ4n) is 2.46. The summed E-state index contributed by atoms with van der Waals surface area (Å²) in [5, 5.41) is 0. The SMILES string of the molecule is CN(c1ccccn1)S(=O)(=O)CCc1ccc2c(c1)CCO2. The largest absolute Gasteiger partial charge is 0.493 e. The Morgan fingerprint density at radius 3 is 2.91 bits per heavy atom. The standard InChI is InChI=1S/C16H18N2O3S/c1-18(16-4-2-3-9-17-16)22(19,20)11-8-13-5-6-15-14(12-13)7-10-21-15/h2-6,9,12H,7-8,10-11H2,1H3. The van der Waals surface area contributed by atoms with Gasteiger partial charge >= 0.3 is 0 Å². The number of benzene rings is 1. The number of hydrogen-bond acceptors (Lipinski definition) is 4. The Labute approximate surface area is 130 Å². The maximum Gasteiger partial charge on any atom is 0.236 e. The van der Waals surface area contributed by atoms with Crippen LogP contribution in [0.5, 0.6) is 5.75 Å². The predicted molar refractivity (Wildman–Crippen MR) is 85.8 cm³/mol. The minimum atomic E-state index is -3.39. The molecule has 6 heteroatoms. The second-order valence-corrected chi connectivity index (χ2v) is 7.38. The Bertz CT molecular complexity index is 760. The van der Waals surface area contributed by atoms with Crippen molar-refractivity contribution in [2.75, 3.05) is 23.7 Å². The normalized spacial score (nSPS) is 13.5. The lowest BCUT2D eigenvalue weighted by molar-refractivity contribution is 0.357. The highest BCUT2D eigenvalue weighted by Crippen LogP contribution is 2.26. The van der Waals surface area contributed by atoms with Crippen molar-refractivity contribution in [3.63, 3.8) is 0 Å². The van der Waals surface area contributed by atoms with Crippen molar-refractivity contribution >= 4 is 15.8 Å². The number of pyridine rings is 1. The van der Waals surface area contributed by atoms with Gasteiger partial charge in [0, 0.05) is 19.7 Å². The van der Waals surface area contributed by atoms with Gasteiger partial charge in [0.2, 0.25) is 10.0 Å². The molecule has 0 fully saturated rings. The summed E-state index contributed by atoms with van der Waals surface area (Å²) in [6, 6.07) is 11.1. The zero-order valence-electron chi connectivity index (χ0n) is 12.4. The fourth-order valence-corrected chi connectivity index (χ4v) is 3.62. The molecule has 0 bridgehead atoms. The van der Waals surface area contributed by atoms with E-state index in [1.807, 2.05) is 18.2 Å². The molecule has 0 aliphatic carbocycles. The smallest absolute Gasteiger partial charge is 0.236 e. The third-order valence-electron chi connectivity index (χ3n) is 3.79. The van der Waals surface area contributed by atoms with Crippen molar-refractivity contribution in [2.24, 2.45) is 0 Å². The molecule has 2 heterocycles. The van der Waals surface area contributed by atoms with E-state index in [9.17, 15) is 8.42 Å². The summed E-state index contributed by atoms with van der Waals surface area (Å²) in [5.41, 5.74) is 2.18. The molecule has 1 aliphatic rings. The van der Waals surface area contributed by atoms with Gasteiger partial charge in [0.25, 0.3) is 0 Å². The van der Waals surface area contributed by atoms with Crippen molar-refractivity contribution in [1.29, 1.82) is 0 Å². The van der Waals surface area contributed by atoms with Crippen LogP contribution in [0.15, 0.2) is 42.6 Å². The van der Waals surface area contributed by atoms with E-state index in [1.165, 1.54) is 11.4 Å². The molecule has 1 aromatic heterocycles. The molecular formula is C16H18N2O3S. The summed E-state index contributed by atoms with van der Waals surface area (Å²) in [6.07, 6.45) is 2.96. The number of fused-ring (bicyclic) bond motifs is 1. The second kappa shape index (κ2) is 5.96. The Morgan fingerprint density at radius 1 is 1.27 bits per heavy atom. The van der Waals surface area contributed by atoms with Crippen molar-refractivity contribution in [1.82, 2.24) is 4.98 Å². The lowest BCUT2D eigenvalue weighted by Crippen LogP contribution is -2.30. The second-order valence-electron chi connectivity index (χ2n) is 5.26. The van der Waals surface area contributed by atoms with Gasteiger partial charge < -0.3 is 4.74 Å². The number of hydrogen-bond donors (Lipinski definition) is 0. The van der Waals surface area contributed by atoms with Crippen LogP contribution in [0.1, 0.15) is 11.1 Å². The van der Waals surface area contributed by atoms with E-state index in [4.69, 9.17) is 4.74 Å². The zero-order chi connectivity index (χ0) is 15.6. The summed E-state index contributed by atoms with van der Waals surface area (Å²) in [5.74, 6) is 1.40. The molecule has 0 saturated heterocycles. The molecule has 0 N–H and O–H groups in total. The predicted octanol–water partition coefficient (Wildman–Crippen LogP) is 2.03. The molecule has 1 aromatic carbocycles. The van der Waals surface area contributed by atoms with E-state index in [0.29, 0.717) is 18.8 Å². The van der Waals surface area contributed by atoms with Gasteiger partial charge in [-0.15, -0.1) is 0 Å². The first kappa shape index (κ1) is 14.8. The molecule has 0 spiro atoms. The minimum absolute atomic E-state index is 0.0553. The molecule has 1 aliphatic heterocycles. The molecule has 22 heavy (non-hydrogen) atoms. The number of nitrogens with zero attached hydrogens (tertiary/aromatic N) is 2. The zero-order valence-corrected chi connectivity index (χ0v) is 13.2. The van der Waals surface area contributed by atoms with Crippen LogP contribution in [0.3, 0.4) is 0 Å². The van der Waals surface area contributed by atoms with Gasteiger partial charge in [-0.2, -0.15) is 0 Å². The van der Waals surface area contributed by atoms with Crippen molar-refractivity contribution in [2.45, 2.75) is 12.8 Å². The third-order valence-corrected chi connectivity index (χ3v) is 5.53. The molecule has 0 saturated carbocycles. The average molecular weight is 318 g/mol. The first-order valence-electron chi connectivity index (χ1n) is 7.18. The first-order chi connectivity index (χ1) is 10.6. The van der Waals surface area contributed by atoms with Gasteiger partial charge in [-0.25, -0.2) is 13.4 Å². The summed E-state index contributed by atoms with van der Waals surface area (Å²) < 4.78 is 31.5. The lowest BCUT2D eigenvalue weighted by atomic mass is 10.1. The quantitative estimate of drug-likeness (QED) is 0.846. The molecular weight excluding hydrogens is 300 g/mol. The van der Waals surface area contributed by atoms with E-state index in [-0.39, 0.29) is 5.75 Å². The summed E-state index contributed by atoms with van der Waals surface area (Å²) in [4.78, 5) is 4.08. The van der Waals surface area contributed by atoms with Gasteiger partial charge in [0.15, 0.2) is 0 Å². The highest BCUT2D eigenvalue weighted by atomic mass is 32.2. The van der Waals surface area contributed by atoms with Crippen LogP contribution in [0.4, 0.5) is 5.82 Å². The maximum absolute atomic E-state index is 12.4. The van der Waals surface area contributed by atoms with Gasteiger partial charge in [-0.1, -0.05) is 18.2 Å². The summed E-state index contributed by atoms with van der Waals surface area (Å²) >= 11 is 0.